The fourth-order valence-electron chi connectivity index (χ4n) is 3.60. The Morgan fingerprint density at radius 3 is 2.41 bits per heavy atom. The van der Waals surface area contributed by atoms with Gasteiger partial charge in [-0.1, -0.05) is 32.0 Å². The third kappa shape index (κ3) is 6.63. The molecule has 0 aliphatic heterocycles. The van der Waals surface area contributed by atoms with Crippen molar-refractivity contribution in [3.8, 4) is 22.6 Å². The highest BCUT2D eigenvalue weighted by Crippen LogP contribution is 2.37. The molecule has 0 bridgehead atoms. The summed E-state index contributed by atoms with van der Waals surface area (Å²) in [6, 6.07) is 14.9. The summed E-state index contributed by atoms with van der Waals surface area (Å²) in [5, 5.41) is 12.3. The highest BCUT2D eigenvalue weighted by atomic mass is 19.4. The maximum Gasteiger partial charge on any atom is 0.573 e. The van der Waals surface area contributed by atoms with Crippen molar-refractivity contribution in [2.45, 2.75) is 38.6 Å². The van der Waals surface area contributed by atoms with E-state index in [1.807, 2.05) is 32.0 Å². The Morgan fingerprint density at radius 1 is 1.06 bits per heavy atom. The first kappa shape index (κ1) is 24.9. The van der Waals surface area contributed by atoms with Crippen LogP contribution in [-0.2, 0) is 16.8 Å². The predicted octanol–water partition coefficient (Wildman–Crippen LogP) is 6.02. The van der Waals surface area contributed by atoms with Crippen LogP contribution in [0.25, 0.3) is 11.1 Å². The van der Waals surface area contributed by atoms with Gasteiger partial charge in [-0.25, -0.2) is 4.98 Å². The van der Waals surface area contributed by atoms with E-state index in [4.69, 9.17) is 4.74 Å². The van der Waals surface area contributed by atoms with Gasteiger partial charge in [0.15, 0.2) is 0 Å². The molecule has 2 aromatic carbocycles. The van der Waals surface area contributed by atoms with Crippen molar-refractivity contribution in [1.82, 2.24) is 4.98 Å². The highest BCUT2D eigenvalue weighted by molar-refractivity contribution is 5.71. The van der Waals surface area contributed by atoms with Crippen LogP contribution >= 0.6 is 0 Å². The molecule has 0 atom stereocenters. The van der Waals surface area contributed by atoms with Crippen molar-refractivity contribution in [1.29, 1.82) is 0 Å². The summed E-state index contributed by atoms with van der Waals surface area (Å²) >= 11 is 0. The van der Waals surface area contributed by atoms with Gasteiger partial charge in [-0.3, -0.25) is 4.79 Å². The third-order valence-corrected chi connectivity index (χ3v) is 5.22. The zero-order chi connectivity index (χ0) is 24.9. The smallest absolute Gasteiger partial charge is 0.496 e. The summed E-state index contributed by atoms with van der Waals surface area (Å²) in [5.74, 6) is -0.0230. The molecule has 0 unspecified atom stereocenters. The zero-order valence-corrected chi connectivity index (χ0v) is 18.9. The quantitative estimate of drug-likeness (QED) is 0.395. The molecule has 0 radical (unpaired) electrons. The molecule has 34 heavy (non-hydrogen) atoms. The highest BCUT2D eigenvalue weighted by Gasteiger charge is 2.31. The number of carbonyl (C=O) groups is 1. The minimum Gasteiger partial charge on any atom is -0.496 e. The van der Waals surface area contributed by atoms with Gasteiger partial charge < -0.3 is 19.9 Å². The molecule has 0 fully saturated rings. The van der Waals surface area contributed by atoms with Gasteiger partial charge in [-0.15, -0.1) is 13.2 Å². The fraction of sp³-hybridized carbons (Fsp3) is 0.280. The van der Waals surface area contributed by atoms with Gasteiger partial charge >= 0.3 is 12.3 Å². The van der Waals surface area contributed by atoms with Gasteiger partial charge in [0, 0.05) is 29.3 Å². The summed E-state index contributed by atoms with van der Waals surface area (Å²) in [6.07, 6.45) is -3.13. The number of aliphatic carboxylic acids is 1. The minimum absolute atomic E-state index is 0.0524. The van der Waals surface area contributed by atoms with Crippen molar-refractivity contribution in [2.75, 3.05) is 12.4 Å². The van der Waals surface area contributed by atoms with E-state index in [9.17, 15) is 23.1 Å². The van der Waals surface area contributed by atoms with Crippen molar-refractivity contribution in [3.63, 3.8) is 0 Å². The van der Waals surface area contributed by atoms with Crippen molar-refractivity contribution in [3.05, 3.63) is 71.9 Å². The minimum atomic E-state index is -4.74. The van der Waals surface area contributed by atoms with Crippen LogP contribution in [0.15, 0.2) is 60.8 Å². The number of methoxy groups -OCH3 is 1. The Kier molecular flexibility index (Phi) is 7.34. The number of nitrogens with one attached hydrogen (secondary N) is 1. The molecule has 9 heteroatoms. The summed E-state index contributed by atoms with van der Waals surface area (Å²) in [6.45, 7) is 3.96. The molecule has 3 aromatic rings. The second-order valence-corrected chi connectivity index (χ2v) is 8.35. The molecular formula is C25H25F3N2O4. The molecule has 180 valence electrons. The van der Waals surface area contributed by atoms with Crippen LogP contribution in [0, 0.1) is 0 Å². The average Bonchev–Trinajstić information content (AvgIpc) is 2.76. The number of pyridine rings is 1. The van der Waals surface area contributed by atoms with Crippen molar-refractivity contribution >= 4 is 11.8 Å². The maximum absolute atomic E-state index is 12.4. The Labute approximate surface area is 195 Å². The van der Waals surface area contributed by atoms with Gasteiger partial charge in [-0.2, -0.15) is 0 Å². The Morgan fingerprint density at radius 2 is 1.79 bits per heavy atom. The Balaban J connectivity index is 1.74. The van der Waals surface area contributed by atoms with E-state index >= 15 is 0 Å². The molecule has 0 aliphatic rings. The monoisotopic (exact) mass is 474 g/mol. The van der Waals surface area contributed by atoms with Gasteiger partial charge in [0.05, 0.1) is 13.5 Å². The SMILES string of the molecule is COc1ccc(-c2ccc(NCc3cccc(OC(F)(F)F)c3)nc2)cc1C(C)(C)CC(=O)O. The number of anilines is 1. The molecular weight excluding hydrogens is 449 g/mol. The van der Waals surface area contributed by atoms with Crippen molar-refractivity contribution in [2.24, 2.45) is 0 Å². The normalized spacial score (nSPS) is 11.7. The lowest BCUT2D eigenvalue weighted by molar-refractivity contribution is -0.274. The number of carboxylic acid groups (broad SMARTS) is 1. The molecule has 1 aromatic heterocycles. The molecule has 2 N–H and O–H groups in total. The van der Waals surface area contributed by atoms with Gasteiger partial charge in [0.1, 0.15) is 17.3 Å². The van der Waals surface area contributed by atoms with E-state index in [0.29, 0.717) is 17.1 Å². The number of alkyl halides is 3. The molecule has 3 rings (SSSR count). The number of hydrogen-bond donors (Lipinski definition) is 2. The summed E-state index contributed by atoms with van der Waals surface area (Å²) in [5.41, 5.74) is 2.41. The van der Waals surface area contributed by atoms with Crippen LogP contribution in [0.3, 0.4) is 0 Å². The molecule has 0 saturated heterocycles. The third-order valence-electron chi connectivity index (χ3n) is 5.22. The van der Waals surface area contributed by atoms with Gasteiger partial charge in [-0.05, 0) is 47.5 Å². The van der Waals surface area contributed by atoms with E-state index < -0.39 is 17.7 Å². The van der Waals surface area contributed by atoms with Crippen LogP contribution in [0.5, 0.6) is 11.5 Å². The Hall–Kier alpha value is -3.75. The largest absolute Gasteiger partial charge is 0.573 e. The lowest BCUT2D eigenvalue weighted by atomic mass is 9.80. The van der Waals surface area contributed by atoms with Crippen molar-refractivity contribution < 1.29 is 32.5 Å². The molecule has 6 nitrogen and oxygen atoms in total. The summed E-state index contributed by atoms with van der Waals surface area (Å²) < 4.78 is 46.6. The molecule has 0 saturated carbocycles. The standard InChI is InChI=1S/C25H25F3N2O4/c1-24(2,13-23(31)32)20-12-17(7-9-21(20)33-3)18-8-10-22(30-15-18)29-14-16-5-4-6-19(11-16)34-25(26,27)28/h4-12,15H,13-14H2,1-3H3,(H,29,30)(H,31,32). The first-order chi connectivity index (χ1) is 16.0. The number of hydrogen-bond acceptors (Lipinski definition) is 5. The number of ether oxygens (including phenoxy) is 2. The topological polar surface area (TPSA) is 80.7 Å². The van der Waals surface area contributed by atoms with Crippen LogP contribution in [0.1, 0.15) is 31.4 Å². The first-order valence-electron chi connectivity index (χ1n) is 10.4. The predicted molar refractivity (Wildman–Crippen MR) is 122 cm³/mol. The van der Waals surface area contributed by atoms with Gasteiger partial charge in [0.25, 0.3) is 0 Å². The zero-order valence-electron chi connectivity index (χ0n) is 18.9. The lowest BCUT2D eigenvalue weighted by Crippen LogP contribution is -2.22. The molecule has 1 heterocycles. The second kappa shape index (κ2) is 10.0. The van der Waals surface area contributed by atoms with E-state index in [2.05, 4.69) is 15.0 Å². The molecule has 0 amide bonds. The second-order valence-electron chi connectivity index (χ2n) is 8.35. The van der Waals surface area contributed by atoms with Crippen LogP contribution in [0.2, 0.25) is 0 Å². The first-order valence-corrected chi connectivity index (χ1v) is 10.4. The number of aromatic nitrogens is 1. The number of benzene rings is 2. The Bertz CT molecular complexity index is 1150. The number of carboxylic acids is 1. The van der Waals surface area contributed by atoms with E-state index in [0.717, 1.165) is 16.7 Å². The van der Waals surface area contributed by atoms with E-state index in [-0.39, 0.29) is 18.7 Å². The van der Waals surface area contributed by atoms with Crippen LogP contribution in [0.4, 0.5) is 19.0 Å². The number of halogens is 3. The molecule has 0 spiro atoms. The van der Waals surface area contributed by atoms with E-state index in [1.54, 1.807) is 31.5 Å². The fourth-order valence-corrected chi connectivity index (χ4v) is 3.60. The number of rotatable bonds is 9. The van der Waals surface area contributed by atoms with Crippen LogP contribution in [-0.4, -0.2) is 29.5 Å². The summed E-state index contributed by atoms with van der Waals surface area (Å²) in [7, 11) is 1.54. The van der Waals surface area contributed by atoms with Gasteiger partial charge in [0.2, 0.25) is 0 Å². The summed E-state index contributed by atoms with van der Waals surface area (Å²) in [4.78, 5) is 15.7. The maximum atomic E-state index is 12.4. The average molecular weight is 474 g/mol. The lowest BCUT2D eigenvalue weighted by Gasteiger charge is -2.26. The molecule has 0 aliphatic carbocycles. The van der Waals surface area contributed by atoms with Crippen LogP contribution < -0.4 is 14.8 Å². The van der Waals surface area contributed by atoms with E-state index in [1.165, 1.54) is 18.2 Å². The number of nitrogens with zero attached hydrogens (tertiary/aromatic N) is 1.